The van der Waals surface area contributed by atoms with Crippen molar-refractivity contribution in [3.8, 4) is 0 Å². The zero-order valence-electron chi connectivity index (χ0n) is 16.9. The van der Waals surface area contributed by atoms with Crippen molar-refractivity contribution in [3.63, 3.8) is 0 Å². The minimum atomic E-state index is -3.99. The lowest BCUT2D eigenvalue weighted by molar-refractivity contribution is 0.226. The Morgan fingerprint density at radius 1 is 0.839 bits per heavy atom. The molecule has 0 saturated heterocycles. The van der Waals surface area contributed by atoms with Crippen molar-refractivity contribution in [3.05, 3.63) is 59.1 Å². The van der Waals surface area contributed by atoms with Crippen LogP contribution in [0.15, 0.2) is 53.4 Å². The summed E-state index contributed by atoms with van der Waals surface area (Å²) in [5, 5.41) is 9.08. The Balaban J connectivity index is 1.38. The van der Waals surface area contributed by atoms with Crippen LogP contribution in [0.3, 0.4) is 0 Å². The predicted octanol–water partition coefficient (Wildman–Crippen LogP) is 3.52. The van der Waals surface area contributed by atoms with E-state index in [2.05, 4.69) is 20.7 Å². The normalized spacial score (nSPS) is 17.9. The van der Waals surface area contributed by atoms with Crippen LogP contribution in [0.1, 0.15) is 31.2 Å². The average Bonchev–Trinajstić information content (AvgIpc) is 3.61. The van der Waals surface area contributed by atoms with Crippen LogP contribution >= 0.6 is 11.6 Å². The summed E-state index contributed by atoms with van der Waals surface area (Å²) >= 11 is 5.86. The fraction of sp³-hybridized carbons (Fsp3) is 0.333. The first kappa shape index (κ1) is 21.5. The van der Waals surface area contributed by atoms with Crippen molar-refractivity contribution >= 4 is 39.4 Å². The summed E-state index contributed by atoms with van der Waals surface area (Å²) in [6.07, 6.45) is 2.72. The van der Waals surface area contributed by atoms with E-state index in [1.54, 1.807) is 36.4 Å². The van der Waals surface area contributed by atoms with Crippen LogP contribution in [0.4, 0.5) is 15.3 Å². The number of hydrogen-bond donors (Lipinski definition) is 4. The van der Waals surface area contributed by atoms with Gasteiger partial charge in [0.05, 0.1) is 16.0 Å². The van der Waals surface area contributed by atoms with Gasteiger partial charge in [-0.25, -0.2) is 22.7 Å². The fourth-order valence-corrected chi connectivity index (χ4v) is 4.78. The van der Waals surface area contributed by atoms with Gasteiger partial charge in [0.1, 0.15) is 0 Å². The number of nitrogens with one attached hydrogen (secondary N) is 4. The molecule has 0 aliphatic heterocycles. The maximum atomic E-state index is 12.5. The number of benzene rings is 2. The molecule has 0 spiro atoms. The highest BCUT2D eigenvalue weighted by molar-refractivity contribution is 7.90. The molecular weight excluding hydrogens is 440 g/mol. The van der Waals surface area contributed by atoms with Gasteiger partial charge in [0, 0.05) is 10.7 Å². The van der Waals surface area contributed by atoms with E-state index >= 15 is 0 Å². The molecule has 4 rings (SSSR count). The molecule has 8 nitrogen and oxygen atoms in total. The quantitative estimate of drug-likeness (QED) is 0.525. The van der Waals surface area contributed by atoms with Gasteiger partial charge in [-0.1, -0.05) is 29.3 Å². The van der Waals surface area contributed by atoms with Crippen molar-refractivity contribution in [2.24, 2.45) is 0 Å². The summed E-state index contributed by atoms with van der Waals surface area (Å²) < 4.78 is 27.0. The van der Waals surface area contributed by atoms with E-state index in [-0.39, 0.29) is 10.9 Å². The number of amides is 4. The Bertz CT molecular complexity index is 1110. The van der Waals surface area contributed by atoms with E-state index in [4.69, 9.17) is 11.6 Å². The monoisotopic (exact) mass is 462 g/mol. The van der Waals surface area contributed by atoms with Gasteiger partial charge >= 0.3 is 12.1 Å². The number of anilines is 1. The second-order valence-electron chi connectivity index (χ2n) is 8.12. The summed E-state index contributed by atoms with van der Waals surface area (Å²) in [5.41, 5.74) is 0.266. The number of rotatable bonds is 6. The van der Waals surface area contributed by atoms with Gasteiger partial charge in [0.15, 0.2) is 0 Å². The van der Waals surface area contributed by atoms with Crippen LogP contribution in [-0.4, -0.2) is 31.6 Å². The molecule has 2 saturated carbocycles. The molecule has 164 valence electrons. The second-order valence-corrected chi connectivity index (χ2v) is 10.2. The summed E-state index contributed by atoms with van der Waals surface area (Å²) in [6.45, 7) is 1.85. The maximum Gasteiger partial charge on any atom is 0.329 e. The van der Waals surface area contributed by atoms with Gasteiger partial charge in [-0.05, 0) is 69.0 Å². The molecular formula is C21H23ClN4O4S. The molecule has 0 aromatic heterocycles. The number of urea groups is 2. The van der Waals surface area contributed by atoms with Crippen LogP contribution in [-0.2, 0) is 10.0 Å². The van der Waals surface area contributed by atoms with Crippen LogP contribution in [0, 0.1) is 6.92 Å². The fourth-order valence-electron chi connectivity index (χ4n) is 3.75. The Kier molecular flexibility index (Phi) is 5.35. The molecule has 4 amide bonds. The van der Waals surface area contributed by atoms with Gasteiger partial charge in [-0.15, -0.1) is 0 Å². The van der Waals surface area contributed by atoms with Crippen molar-refractivity contribution < 1.29 is 18.0 Å². The molecule has 0 unspecified atom stereocenters. The molecule has 2 aliphatic rings. The molecule has 4 N–H and O–H groups in total. The third kappa shape index (κ3) is 4.62. The summed E-state index contributed by atoms with van der Waals surface area (Å²) in [6, 6.07) is 11.8. The first-order chi connectivity index (χ1) is 14.6. The minimum absolute atomic E-state index is 0.0136. The van der Waals surface area contributed by atoms with Gasteiger partial charge in [-0.3, -0.25) is 0 Å². The average molecular weight is 463 g/mol. The molecule has 2 fully saturated rings. The second kappa shape index (κ2) is 7.72. The molecule has 0 heterocycles. The first-order valence-electron chi connectivity index (χ1n) is 9.90. The smallest absolute Gasteiger partial charge is 0.329 e. The van der Waals surface area contributed by atoms with Gasteiger partial charge in [-0.2, -0.15) is 0 Å². The minimum Gasteiger partial charge on any atom is -0.330 e. The van der Waals surface area contributed by atoms with Crippen molar-refractivity contribution in [2.45, 2.75) is 48.6 Å². The first-order valence-corrected chi connectivity index (χ1v) is 11.8. The highest BCUT2D eigenvalue weighted by Crippen LogP contribution is 2.57. The van der Waals surface area contributed by atoms with E-state index in [0.29, 0.717) is 36.4 Å². The Morgan fingerprint density at radius 2 is 1.35 bits per heavy atom. The zero-order valence-corrected chi connectivity index (χ0v) is 18.4. The number of carbonyl (C=O) groups excluding carboxylic acids is 2. The molecule has 2 aromatic rings. The van der Waals surface area contributed by atoms with Crippen LogP contribution in [0.25, 0.3) is 0 Å². The summed E-state index contributed by atoms with van der Waals surface area (Å²) in [4.78, 5) is 25.0. The molecule has 0 atom stereocenters. The topological polar surface area (TPSA) is 116 Å². The lowest BCUT2D eigenvalue weighted by Gasteiger charge is -2.29. The van der Waals surface area contributed by atoms with Crippen LogP contribution in [0.5, 0.6) is 0 Å². The number of aryl methyl sites for hydroxylation is 1. The Hall–Kier alpha value is -2.78. The molecule has 2 aromatic carbocycles. The summed E-state index contributed by atoms with van der Waals surface area (Å²) in [5.74, 6) is 0. The maximum absolute atomic E-state index is 12.5. The number of hydrogen-bond acceptors (Lipinski definition) is 4. The third-order valence-electron chi connectivity index (χ3n) is 5.78. The third-order valence-corrected chi connectivity index (χ3v) is 7.38. The van der Waals surface area contributed by atoms with E-state index in [1.165, 1.54) is 12.1 Å². The van der Waals surface area contributed by atoms with Crippen molar-refractivity contribution in [2.75, 3.05) is 5.32 Å². The Labute approximate surface area is 185 Å². The number of halogens is 1. The van der Waals surface area contributed by atoms with Crippen molar-refractivity contribution in [1.82, 2.24) is 15.4 Å². The summed E-state index contributed by atoms with van der Waals surface area (Å²) in [7, 11) is -3.99. The predicted molar refractivity (Wildman–Crippen MR) is 118 cm³/mol. The zero-order chi connectivity index (χ0) is 22.3. The van der Waals surface area contributed by atoms with E-state index in [0.717, 1.165) is 5.56 Å². The molecule has 0 bridgehead atoms. The molecule has 0 radical (unpaired) electrons. The molecule has 10 heteroatoms. The van der Waals surface area contributed by atoms with Crippen LogP contribution < -0.4 is 20.7 Å². The van der Waals surface area contributed by atoms with Gasteiger partial charge in [0.2, 0.25) is 0 Å². The standard InChI is InChI=1S/C21H23ClN4O4S/c1-14-2-8-17(9-3-14)31(29,30)26-19(28)25-21(12-13-21)20(10-11-20)24-18(27)23-16-6-4-15(22)5-7-16/h2-9H,10-13H2,1H3,(H2,23,24,27)(H2,25,26,28). The number of sulfonamides is 1. The lowest BCUT2D eigenvalue weighted by Crippen LogP contribution is -2.58. The highest BCUT2D eigenvalue weighted by Gasteiger charge is 2.67. The van der Waals surface area contributed by atoms with Gasteiger partial charge in [0.25, 0.3) is 10.0 Å². The van der Waals surface area contributed by atoms with E-state index in [9.17, 15) is 18.0 Å². The SMILES string of the molecule is Cc1ccc(S(=O)(=O)NC(=O)NC2(C3(NC(=O)Nc4ccc(Cl)cc4)CC3)CC2)cc1. The van der Waals surface area contributed by atoms with Gasteiger partial charge < -0.3 is 16.0 Å². The van der Waals surface area contributed by atoms with Crippen LogP contribution in [0.2, 0.25) is 5.02 Å². The van der Waals surface area contributed by atoms with E-state index in [1.807, 2.05) is 6.92 Å². The molecule has 2 aliphatic carbocycles. The molecule has 31 heavy (non-hydrogen) atoms. The van der Waals surface area contributed by atoms with Crippen molar-refractivity contribution in [1.29, 1.82) is 0 Å². The number of carbonyl (C=O) groups is 2. The van der Waals surface area contributed by atoms with E-state index < -0.39 is 27.1 Å². The largest absolute Gasteiger partial charge is 0.330 e. The lowest BCUT2D eigenvalue weighted by atomic mass is 10.0. The Morgan fingerprint density at radius 3 is 1.87 bits per heavy atom. The highest BCUT2D eigenvalue weighted by atomic mass is 35.5.